The first-order valence-electron chi connectivity index (χ1n) is 6.97. The van der Waals surface area contributed by atoms with Gasteiger partial charge in [0.15, 0.2) is 0 Å². The van der Waals surface area contributed by atoms with Gasteiger partial charge in [-0.3, -0.25) is 19.7 Å². The Kier molecular flexibility index (Phi) is 4.20. The Morgan fingerprint density at radius 1 is 1.09 bits per heavy atom. The zero-order valence-corrected chi connectivity index (χ0v) is 11.9. The van der Waals surface area contributed by atoms with Gasteiger partial charge in [0.2, 0.25) is 5.95 Å². The molecule has 6 nitrogen and oxygen atoms in total. The molecule has 3 aromatic heterocycles. The molecule has 3 aromatic rings. The van der Waals surface area contributed by atoms with Crippen molar-refractivity contribution in [3.05, 3.63) is 71.0 Å². The van der Waals surface area contributed by atoms with Crippen molar-refractivity contribution in [3.8, 4) is 11.3 Å². The SMILES string of the molecule is O=c1cc(-c2ccncc2)nc(NCCc2ccccn2)[nH]1. The summed E-state index contributed by atoms with van der Waals surface area (Å²) >= 11 is 0. The molecule has 0 aliphatic rings. The van der Waals surface area contributed by atoms with Crippen LogP contribution in [0.15, 0.2) is 59.8 Å². The quantitative estimate of drug-likeness (QED) is 0.750. The van der Waals surface area contributed by atoms with Gasteiger partial charge in [0.05, 0.1) is 5.69 Å². The van der Waals surface area contributed by atoms with Gasteiger partial charge in [-0.05, 0) is 24.3 Å². The maximum atomic E-state index is 11.8. The van der Waals surface area contributed by atoms with Crippen LogP contribution in [-0.2, 0) is 6.42 Å². The van der Waals surface area contributed by atoms with Crippen molar-refractivity contribution in [3.63, 3.8) is 0 Å². The van der Waals surface area contributed by atoms with E-state index in [1.54, 1.807) is 18.6 Å². The molecule has 0 atom stereocenters. The number of aromatic nitrogens is 4. The predicted octanol–water partition coefficient (Wildman–Crippen LogP) is 1.88. The van der Waals surface area contributed by atoms with E-state index in [1.807, 2.05) is 30.3 Å². The van der Waals surface area contributed by atoms with Gasteiger partial charge in [0.1, 0.15) is 0 Å². The van der Waals surface area contributed by atoms with E-state index in [9.17, 15) is 4.79 Å². The lowest BCUT2D eigenvalue weighted by Crippen LogP contribution is -2.14. The lowest BCUT2D eigenvalue weighted by atomic mass is 10.2. The first-order chi connectivity index (χ1) is 10.8. The molecular formula is C16H15N5O. The number of H-pyrrole nitrogens is 1. The maximum absolute atomic E-state index is 11.8. The second kappa shape index (κ2) is 6.62. The zero-order valence-electron chi connectivity index (χ0n) is 11.9. The molecule has 0 unspecified atom stereocenters. The highest BCUT2D eigenvalue weighted by Crippen LogP contribution is 2.14. The van der Waals surface area contributed by atoms with Gasteiger partial charge in [0.25, 0.3) is 5.56 Å². The molecule has 3 heterocycles. The summed E-state index contributed by atoms with van der Waals surface area (Å²) < 4.78 is 0. The average molecular weight is 293 g/mol. The first kappa shape index (κ1) is 13.9. The summed E-state index contributed by atoms with van der Waals surface area (Å²) in [6, 6.07) is 10.9. The number of nitrogens with one attached hydrogen (secondary N) is 2. The minimum Gasteiger partial charge on any atom is -0.355 e. The fraction of sp³-hybridized carbons (Fsp3) is 0.125. The summed E-state index contributed by atoms with van der Waals surface area (Å²) in [7, 11) is 0. The standard InChI is InChI=1S/C16H15N5O/c22-15-11-14(12-4-8-17-9-5-12)20-16(21-15)19-10-6-13-3-1-2-7-18-13/h1-5,7-9,11H,6,10H2,(H2,19,20,21,22). The molecule has 0 saturated heterocycles. The molecule has 0 amide bonds. The van der Waals surface area contributed by atoms with Crippen molar-refractivity contribution < 1.29 is 0 Å². The Morgan fingerprint density at radius 2 is 1.95 bits per heavy atom. The highest BCUT2D eigenvalue weighted by atomic mass is 16.1. The largest absolute Gasteiger partial charge is 0.355 e. The number of rotatable bonds is 5. The highest BCUT2D eigenvalue weighted by Gasteiger charge is 2.03. The molecule has 3 rings (SSSR count). The van der Waals surface area contributed by atoms with Gasteiger partial charge in [-0.2, -0.15) is 0 Å². The van der Waals surface area contributed by atoms with E-state index in [0.29, 0.717) is 18.2 Å². The van der Waals surface area contributed by atoms with Crippen LogP contribution in [0.2, 0.25) is 0 Å². The van der Waals surface area contributed by atoms with Crippen LogP contribution in [0.25, 0.3) is 11.3 Å². The van der Waals surface area contributed by atoms with Gasteiger partial charge in [-0.25, -0.2) is 4.98 Å². The fourth-order valence-electron chi connectivity index (χ4n) is 2.07. The molecule has 6 heteroatoms. The van der Waals surface area contributed by atoms with Crippen LogP contribution in [0.5, 0.6) is 0 Å². The predicted molar refractivity (Wildman–Crippen MR) is 84.5 cm³/mol. The van der Waals surface area contributed by atoms with E-state index < -0.39 is 0 Å². The van der Waals surface area contributed by atoms with Gasteiger partial charge in [-0.1, -0.05) is 6.07 Å². The summed E-state index contributed by atoms with van der Waals surface area (Å²) in [5, 5.41) is 3.12. The topological polar surface area (TPSA) is 83.6 Å². The molecule has 2 N–H and O–H groups in total. The normalized spacial score (nSPS) is 10.4. The van der Waals surface area contributed by atoms with E-state index in [4.69, 9.17) is 0 Å². The van der Waals surface area contributed by atoms with Gasteiger partial charge in [-0.15, -0.1) is 0 Å². The van der Waals surface area contributed by atoms with Gasteiger partial charge < -0.3 is 5.32 Å². The monoisotopic (exact) mass is 293 g/mol. The lowest BCUT2D eigenvalue weighted by molar-refractivity contribution is 0.938. The van der Waals surface area contributed by atoms with E-state index in [1.165, 1.54) is 6.07 Å². The Morgan fingerprint density at radius 3 is 2.73 bits per heavy atom. The second-order valence-electron chi connectivity index (χ2n) is 4.71. The number of hydrogen-bond donors (Lipinski definition) is 2. The van der Waals surface area contributed by atoms with Crippen molar-refractivity contribution in [1.82, 2.24) is 19.9 Å². The van der Waals surface area contributed by atoms with Crippen LogP contribution in [0, 0.1) is 0 Å². The van der Waals surface area contributed by atoms with E-state index >= 15 is 0 Å². The first-order valence-corrected chi connectivity index (χ1v) is 6.97. The number of hydrogen-bond acceptors (Lipinski definition) is 5. The van der Waals surface area contributed by atoms with Crippen LogP contribution >= 0.6 is 0 Å². The van der Waals surface area contributed by atoms with Crippen molar-refractivity contribution in [2.75, 3.05) is 11.9 Å². The summed E-state index contributed by atoms with van der Waals surface area (Å²) in [4.78, 5) is 27.1. The molecule has 0 bridgehead atoms. The number of anilines is 1. The van der Waals surface area contributed by atoms with Crippen molar-refractivity contribution >= 4 is 5.95 Å². The Labute approximate surface area is 127 Å². The van der Waals surface area contributed by atoms with Crippen molar-refractivity contribution in [2.45, 2.75) is 6.42 Å². The Hall–Kier alpha value is -3.02. The molecule has 110 valence electrons. The number of pyridine rings is 2. The summed E-state index contributed by atoms with van der Waals surface area (Å²) in [6.07, 6.45) is 5.86. The highest BCUT2D eigenvalue weighted by molar-refractivity contribution is 5.58. The van der Waals surface area contributed by atoms with Crippen LogP contribution < -0.4 is 10.9 Å². The third kappa shape index (κ3) is 3.54. The van der Waals surface area contributed by atoms with Crippen LogP contribution in [0.1, 0.15) is 5.69 Å². The van der Waals surface area contributed by atoms with E-state index in [2.05, 4.69) is 25.3 Å². The summed E-state index contributed by atoms with van der Waals surface area (Å²) in [5.74, 6) is 0.454. The smallest absolute Gasteiger partial charge is 0.252 e. The second-order valence-corrected chi connectivity index (χ2v) is 4.71. The molecule has 0 saturated carbocycles. The van der Waals surface area contributed by atoms with Crippen LogP contribution in [0.3, 0.4) is 0 Å². The maximum Gasteiger partial charge on any atom is 0.252 e. The van der Waals surface area contributed by atoms with Crippen molar-refractivity contribution in [2.24, 2.45) is 0 Å². The van der Waals surface area contributed by atoms with Crippen LogP contribution in [0.4, 0.5) is 5.95 Å². The molecule has 0 fully saturated rings. The Balaban J connectivity index is 1.72. The molecule has 0 aliphatic carbocycles. The zero-order chi connectivity index (χ0) is 15.2. The average Bonchev–Trinajstić information content (AvgIpc) is 2.56. The van der Waals surface area contributed by atoms with Gasteiger partial charge >= 0.3 is 0 Å². The summed E-state index contributed by atoms with van der Waals surface area (Å²) in [5.41, 5.74) is 2.27. The molecule has 0 aromatic carbocycles. The van der Waals surface area contributed by atoms with E-state index in [-0.39, 0.29) is 5.56 Å². The third-order valence-electron chi connectivity index (χ3n) is 3.12. The number of aromatic amines is 1. The van der Waals surface area contributed by atoms with Crippen LogP contribution in [-0.4, -0.2) is 26.5 Å². The molecule has 0 spiro atoms. The lowest BCUT2D eigenvalue weighted by Gasteiger charge is -2.07. The summed E-state index contributed by atoms with van der Waals surface area (Å²) in [6.45, 7) is 0.639. The molecule has 0 aliphatic heterocycles. The molecule has 0 radical (unpaired) electrons. The third-order valence-corrected chi connectivity index (χ3v) is 3.12. The van der Waals surface area contributed by atoms with Crippen molar-refractivity contribution in [1.29, 1.82) is 0 Å². The molecule has 22 heavy (non-hydrogen) atoms. The minimum atomic E-state index is -0.192. The fourth-order valence-corrected chi connectivity index (χ4v) is 2.07. The minimum absolute atomic E-state index is 0.192. The van der Waals surface area contributed by atoms with Gasteiger partial charge in [0, 0.05) is 48.9 Å². The van der Waals surface area contributed by atoms with E-state index in [0.717, 1.165) is 17.7 Å². The Bertz CT molecular complexity index is 786. The molecular weight excluding hydrogens is 278 g/mol. The number of nitrogens with zero attached hydrogens (tertiary/aromatic N) is 3.